The first kappa shape index (κ1) is 17.1. The Kier molecular flexibility index (Phi) is 4.44. The molecule has 0 aliphatic heterocycles. The summed E-state index contributed by atoms with van der Waals surface area (Å²) in [5.74, 6) is 0.494. The molecule has 136 valence electrons. The van der Waals surface area contributed by atoms with Crippen molar-refractivity contribution in [3.8, 4) is 5.75 Å². The third-order valence-corrected chi connectivity index (χ3v) is 6.12. The van der Waals surface area contributed by atoms with Crippen LogP contribution in [0.2, 0.25) is 0 Å². The van der Waals surface area contributed by atoms with Crippen molar-refractivity contribution >= 4 is 28.2 Å². The van der Waals surface area contributed by atoms with Gasteiger partial charge in [0.2, 0.25) is 5.91 Å². The van der Waals surface area contributed by atoms with Crippen LogP contribution in [0.3, 0.4) is 0 Å². The molecule has 1 atom stereocenters. The summed E-state index contributed by atoms with van der Waals surface area (Å²) in [4.78, 5) is 25.2. The predicted octanol–water partition coefficient (Wildman–Crippen LogP) is 4.09. The molecule has 1 amide bonds. The second kappa shape index (κ2) is 6.76. The van der Waals surface area contributed by atoms with E-state index in [0.29, 0.717) is 16.5 Å². The number of aryl methyl sites for hydroxylation is 1. The van der Waals surface area contributed by atoms with Crippen LogP contribution < -0.4 is 10.1 Å². The van der Waals surface area contributed by atoms with Crippen LogP contribution in [0.4, 0.5) is 5.00 Å². The van der Waals surface area contributed by atoms with Crippen molar-refractivity contribution < 1.29 is 19.1 Å². The van der Waals surface area contributed by atoms with Crippen LogP contribution >= 0.6 is 11.3 Å². The zero-order chi connectivity index (χ0) is 18.3. The van der Waals surface area contributed by atoms with Crippen LogP contribution in [-0.2, 0) is 16.0 Å². The molecule has 26 heavy (non-hydrogen) atoms. The van der Waals surface area contributed by atoms with Gasteiger partial charge in [0.15, 0.2) is 0 Å². The molecule has 5 nitrogen and oxygen atoms in total. The number of carbonyl (C=O) groups is 2. The quantitative estimate of drug-likeness (QED) is 0.804. The van der Waals surface area contributed by atoms with E-state index in [0.717, 1.165) is 42.6 Å². The van der Waals surface area contributed by atoms with Crippen LogP contribution in [0.25, 0.3) is 0 Å². The number of fused-ring (bicyclic) bond motifs is 1. The van der Waals surface area contributed by atoms with E-state index >= 15 is 0 Å². The third kappa shape index (κ3) is 2.98. The van der Waals surface area contributed by atoms with Crippen molar-refractivity contribution in [2.45, 2.75) is 37.5 Å². The highest BCUT2D eigenvalue weighted by Gasteiger charge is 2.34. The average molecular weight is 371 g/mol. The van der Waals surface area contributed by atoms with Crippen LogP contribution in [0.1, 0.15) is 58.1 Å². The van der Waals surface area contributed by atoms with Crippen LogP contribution in [0.5, 0.6) is 5.75 Å². The van der Waals surface area contributed by atoms with Crippen molar-refractivity contribution in [1.82, 2.24) is 0 Å². The van der Waals surface area contributed by atoms with Gasteiger partial charge in [-0.25, -0.2) is 4.79 Å². The Balaban J connectivity index is 1.60. The number of ether oxygens (including phenoxy) is 2. The van der Waals surface area contributed by atoms with Crippen molar-refractivity contribution in [3.05, 3.63) is 45.8 Å². The molecule has 1 saturated carbocycles. The van der Waals surface area contributed by atoms with Gasteiger partial charge < -0.3 is 14.8 Å². The summed E-state index contributed by atoms with van der Waals surface area (Å²) in [6.45, 7) is 0. The smallest absolute Gasteiger partial charge is 0.341 e. The number of carbonyl (C=O) groups excluding carboxylic acids is 2. The standard InChI is InChI=1S/C20H21NO4S/c1-24-13-7-5-11-6-8-14(15(11)9-13)18(22)21-19-17(20(23)25-2)16(10-26-19)12-3-4-12/h5,7,9-10,12,14H,3-4,6,8H2,1-2H3,(H,21,22). The molecule has 1 aromatic carbocycles. The maximum atomic E-state index is 12.9. The Morgan fingerprint density at radius 3 is 2.65 bits per heavy atom. The van der Waals surface area contributed by atoms with Crippen LogP contribution in [0, 0.1) is 0 Å². The highest BCUT2D eigenvalue weighted by Crippen LogP contribution is 2.46. The lowest BCUT2D eigenvalue weighted by Gasteiger charge is -2.13. The van der Waals surface area contributed by atoms with Gasteiger partial charge in [-0.2, -0.15) is 0 Å². The van der Waals surface area contributed by atoms with Crippen molar-refractivity contribution in [2.24, 2.45) is 0 Å². The summed E-state index contributed by atoms with van der Waals surface area (Å²) in [6.07, 6.45) is 3.82. The second-order valence-electron chi connectivity index (χ2n) is 6.81. The molecule has 2 aromatic rings. The van der Waals surface area contributed by atoms with Crippen molar-refractivity contribution in [1.29, 1.82) is 0 Å². The normalized spacial score (nSPS) is 18.3. The molecule has 6 heteroatoms. The van der Waals surface area contributed by atoms with Crippen molar-refractivity contribution in [3.63, 3.8) is 0 Å². The van der Waals surface area contributed by atoms with Gasteiger partial charge in [-0.15, -0.1) is 11.3 Å². The summed E-state index contributed by atoms with van der Waals surface area (Å²) >= 11 is 1.41. The molecule has 1 fully saturated rings. The van der Waals surface area contributed by atoms with Crippen LogP contribution in [-0.4, -0.2) is 26.1 Å². The second-order valence-corrected chi connectivity index (χ2v) is 7.69. The molecule has 1 unspecified atom stereocenters. The average Bonchev–Trinajstić information content (AvgIpc) is 3.28. The van der Waals surface area contributed by atoms with E-state index in [9.17, 15) is 9.59 Å². The number of benzene rings is 1. The summed E-state index contributed by atoms with van der Waals surface area (Å²) < 4.78 is 10.2. The molecule has 1 aromatic heterocycles. The zero-order valence-electron chi connectivity index (χ0n) is 14.8. The number of hydrogen-bond acceptors (Lipinski definition) is 5. The lowest BCUT2D eigenvalue weighted by Crippen LogP contribution is -2.20. The fraction of sp³-hybridized carbons (Fsp3) is 0.400. The zero-order valence-corrected chi connectivity index (χ0v) is 15.7. The monoisotopic (exact) mass is 371 g/mol. The lowest BCUT2D eigenvalue weighted by atomic mass is 10.00. The van der Waals surface area contributed by atoms with Gasteiger partial charge in [-0.3, -0.25) is 4.79 Å². The minimum Gasteiger partial charge on any atom is -0.497 e. The Hall–Kier alpha value is -2.34. The fourth-order valence-electron chi connectivity index (χ4n) is 3.65. The van der Waals surface area contributed by atoms with E-state index in [1.807, 2.05) is 23.6 Å². The topological polar surface area (TPSA) is 64.6 Å². The van der Waals surface area contributed by atoms with E-state index in [2.05, 4.69) is 5.32 Å². The van der Waals surface area contributed by atoms with Gasteiger partial charge in [0.1, 0.15) is 10.8 Å². The SMILES string of the molecule is COC(=O)c1c(C2CC2)csc1NC(=O)C1CCc2ccc(OC)cc21. The minimum atomic E-state index is -0.378. The number of thiophene rings is 1. The summed E-state index contributed by atoms with van der Waals surface area (Å²) in [5, 5.41) is 5.56. The molecule has 2 aliphatic rings. The number of hydrogen-bond donors (Lipinski definition) is 1. The van der Waals surface area contributed by atoms with Gasteiger partial charge in [-0.05, 0) is 65.8 Å². The molecule has 2 aliphatic carbocycles. The van der Waals surface area contributed by atoms with E-state index in [-0.39, 0.29) is 17.8 Å². The summed E-state index contributed by atoms with van der Waals surface area (Å²) in [5.41, 5.74) is 3.73. The van der Waals surface area contributed by atoms with Crippen LogP contribution in [0.15, 0.2) is 23.6 Å². The Morgan fingerprint density at radius 1 is 1.15 bits per heavy atom. The minimum absolute atomic E-state index is 0.0775. The predicted molar refractivity (Wildman–Crippen MR) is 100 cm³/mol. The molecule has 1 heterocycles. The van der Waals surface area contributed by atoms with Crippen molar-refractivity contribution in [2.75, 3.05) is 19.5 Å². The molecule has 4 rings (SSSR count). The highest BCUT2D eigenvalue weighted by atomic mass is 32.1. The van der Waals surface area contributed by atoms with Gasteiger partial charge in [-0.1, -0.05) is 6.07 Å². The number of methoxy groups -OCH3 is 2. The first-order valence-corrected chi connectivity index (χ1v) is 9.67. The molecular formula is C20H21NO4S. The van der Waals surface area contributed by atoms with Gasteiger partial charge in [0, 0.05) is 0 Å². The van der Waals surface area contributed by atoms with E-state index in [1.165, 1.54) is 24.0 Å². The third-order valence-electron chi connectivity index (χ3n) is 5.21. The fourth-order valence-corrected chi connectivity index (χ4v) is 4.68. The van der Waals surface area contributed by atoms with E-state index < -0.39 is 0 Å². The maximum absolute atomic E-state index is 12.9. The van der Waals surface area contributed by atoms with Gasteiger partial charge in [0.25, 0.3) is 0 Å². The molecular weight excluding hydrogens is 350 g/mol. The van der Waals surface area contributed by atoms with E-state index in [4.69, 9.17) is 9.47 Å². The number of anilines is 1. The molecule has 0 bridgehead atoms. The maximum Gasteiger partial charge on any atom is 0.341 e. The lowest BCUT2D eigenvalue weighted by molar-refractivity contribution is -0.117. The molecule has 0 spiro atoms. The Bertz CT molecular complexity index is 869. The Labute approximate surface area is 156 Å². The summed E-state index contributed by atoms with van der Waals surface area (Å²) in [6, 6.07) is 5.89. The number of esters is 1. The number of amides is 1. The molecule has 1 N–H and O–H groups in total. The number of rotatable bonds is 5. The first-order valence-electron chi connectivity index (χ1n) is 8.79. The highest BCUT2D eigenvalue weighted by molar-refractivity contribution is 7.15. The summed E-state index contributed by atoms with van der Waals surface area (Å²) in [7, 11) is 3.00. The molecule has 0 saturated heterocycles. The van der Waals surface area contributed by atoms with E-state index in [1.54, 1.807) is 7.11 Å². The molecule has 0 radical (unpaired) electrons. The first-order chi connectivity index (χ1) is 12.6. The van der Waals surface area contributed by atoms with Gasteiger partial charge in [0.05, 0.1) is 25.7 Å². The van der Waals surface area contributed by atoms with Gasteiger partial charge >= 0.3 is 5.97 Å². The Morgan fingerprint density at radius 2 is 1.96 bits per heavy atom. The number of nitrogens with one attached hydrogen (secondary N) is 1. The largest absolute Gasteiger partial charge is 0.497 e.